The summed E-state index contributed by atoms with van der Waals surface area (Å²) in [6, 6.07) is -1.31. The van der Waals surface area contributed by atoms with Gasteiger partial charge in [-0.3, -0.25) is 14.7 Å². The third-order valence-corrected chi connectivity index (χ3v) is 5.84. The number of imidazole rings is 1. The molecule has 4 heterocycles. The van der Waals surface area contributed by atoms with Gasteiger partial charge in [0.2, 0.25) is 11.8 Å². The van der Waals surface area contributed by atoms with E-state index in [0.717, 1.165) is 12.0 Å². The number of nitrogens with zero attached hydrogens (tertiary/aromatic N) is 4. The third kappa shape index (κ3) is 4.03. The Morgan fingerprint density at radius 1 is 1.44 bits per heavy atom. The summed E-state index contributed by atoms with van der Waals surface area (Å²) in [6.07, 6.45) is -2.50. The Balaban J connectivity index is 1.45. The normalized spacial score (nSPS) is 30.0. The van der Waals surface area contributed by atoms with Crippen LogP contribution in [0.1, 0.15) is 20.1 Å². The Hall–Kier alpha value is -2.75. The van der Waals surface area contributed by atoms with Gasteiger partial charge in [-0.25, -0.2) is 14.2 Å². The maximum Gasteiger partial charge on any atom is 0.322 e. The quantitative estimate of drug-likeness (QED) is 0.225. The number of hydrogen-bond donors (Lipinski definition) is 4. The highest BCUT2D eigenvalue weighted by molar-refractivity contribution is 7.94. The van der Waals surface area contributed by atoms with Gasteiger partial charge in [-0.05, 0) is 25.9 Å². The fourth-order valence-electron chi connectivity index (χ4n) is 3.47. The summed E-state index contributed by atoms with van der Waals surface area (Å²) >= 11 is 0.894. The number of urea groups is 1. The first kappa shape index (κ1) is 22.4. The van der Waals surface area contributed by atoms with Crippen LogP contribution in [0.5, 0.6) is 5.88 Å². The highest BCUT2D eigenvalue weighted by Gasteiger charge is 2.55. The van der Waals surface area contributed by atoms with E-state index in [1.807, 2.05) is 0 Å². The van der Waals surface area contributed by atoms with Gasteiger partial charge in [0.1, 0.15) is 18.2 Å². The highest BCUT2D eigenvalue weighted by Crippen LogP contribution is 2.43. The van der Waals surface area contributed by atoms with E-state index in [9.17, 15) is 14.7 Å². The molecule has 15 heteroatoms. The lowest BCUT2D eigenvalue weighted by Crippen LogP contribution is -2.40. The molecule has 2 fully saturated rings. The summed E-state index contributed by atoms with van der Waals surface area (Å²) in [5, 5.41) is 15.1. The van der Waals surface area contributed by atoms with Crippen LogP contribution in [0.2, 0.25) is 0 Å². The topological polar surface area (TPSA) is 176 Å². The number of hydrogen-bond acceptors (Lipinski definition) is 11. The van der Waals surface area contributed by atoms with Crippen LogP contribution in [0.3, 0.4) is 0 Å². The van der Waals surface area contributed by atoms with Gasteiger partial charge in [0, 0.05) is 5.75 Å². The molecule has 0 radical (unpaired) electrons. The van der Waals surface area contributed by atoms with Gasteiger partial charge in [0.25, 0.3) is 5.91 Å². The molecule has 32 heavy (non-hydrogen) atoms. The molecule has 3 amide bonds. The fourth-order valence-corrected chi connectivity index (χ4v) is 4.17. The van der Waals surface area contributed by atoms with Gasteiger partial charge >= 0.3 is 6.03 Å². The minimum atomic E-state index is -2.21. The molecule has 2 aromatic heterocycles. The van der Waals surface area contributed by atoms with E-state index in [2.05, 4.69) is 25.6 Å². The van der Waals surface area contributed by atoms with Gasteiger partial charge < -0.3 is 29.8 Å². The SMILES string of the molecule is CCOc1nc(N)nc2c1ncn2[C@@H]1O[C@H](COSC[C@H]2NC(=O)NC2=O)[C@@H](O)[C@@]1(C)F. The number of alkyl halides is 1. The number of nitrogens with two attached hydrogens (primary N) is 1. The molecule has 0 saturated carbocycles. The number of aromatic nitrogens is 4. The van der Waals surface area contributed by atoms with Crippen molar-refractivity contribution in [2.75, 3.05) is 24.7 Å². The molecule has 174 valence electrons. The Labute approximate surface area is 185 Å². The van der Waals surface area contributed by atoms with E-state index in [4.69, 9.17) is 19.4 Å². The Morgan fingerprint density at radius 3 is 2.91 bits per heavy atom. The molecule has 0 bridgehead atoms. The first-order valence-corrected chi connectivity index (χ1v) is 10.6. The van der Waals surface area contributed by atoms with Gasteiger partial charge in [0.15, 0.2) is 23.1 Å². The number of halogens is 1. The van der Waals surface area contributed by atoms with Crippen molar-refractivity contribution in [3.63, 3.8) is 0 Å². The molecule has 0 unspecified atom stereocenters. The number of amides is 3. The van der Waals surface area contributed by atoms with Crippen LogP contribution in [-0.4, -0.2) is 79.4 Å². The monoisotopic (exact) mass is 471 g/mol. The number of aliphatic hydroxyl groups is 1. The van der Waals surface area contributed by atoms with Gasteiger partial charge in [-0.2, -0.15) is 9.97 Å². The predicted molar refractivity (Wildman–Crippen MR) is 109 cm³/mol. The number of carbonyl (C=O) groups is 2. The zero-order valence-corrected chi connectivity index (χ0v) is 18.0. The van der Waals surface area contributed by atoms with E-state index in [1.54, 1.807) is 6.92 Å². The molecule has 4 rings (SSSR count). The number of anilines is 1. The van der Waals surface area contributed by atoms with E-state index >= 15 is 4.39 Å². The lowest BCUT2D eigenvalue weighted by atomic mass is 9.98. The molecular weight excluding hydrogens is 449 g/mol. The molecule has 2 aromatic rings. The number of aliphatic hydroxyl groups excluding tert-OH is 1. The zero-order valence-electron chi connectivity index (χ0n) is 17.1. The molecular formula is C17H22FN7O6S. The molecule has 2 aliphatic heterocycles. The van der Waals surface area contributed by atoms with Crippen LogP contribution >= 0.6 is 12.0 Å². The number of imide groups is 1. The smallest absolute Gasteiger partial charge is 0.322 e. The number of rotatable bonds is 8. The zero-order chi connectivity index (χ0) is 23.0. The molecule has 13 nitrogen and oxygen atoms in total. The average Bonchev–Trinajstić information content (AvgIpc) is 3.35. The second-order valence-corrected chi connectivity index (χ2v) is 8.16. The Morgan fingerprint density at radius 2 is 2.22 bits per heavy atom. The van der Waals surface area contributed by atoms with Crippen molar-refractivity contribution >= 4 is 41.1 Å². The van der Waals surface area contributed by atoms with Crippen LogP contribution < -0.4 is 21.1 Å². The van der Waals surface area contributed by atoms with E-state index in [0.29, 0.717) is 6.61 Å². The second kappa shape index (κ2) is 8.65. The van der Waals surface area contributed by atoms with Crippen molar-refractivity contribution in [3.05, 3.63) is 6.33 Å². The summed E-state index contributed by atoms with van der Waals surface area (Å²) in [5.74, 6) is -0.244. The van der Waals surface area contributed by atoms with Crippen molar-refractivity contribution in [2.24, 2.45) is 0 Å². The number of nitrogens with one attached hydrogen (secondary N) is 2. The number of ether oxygens (including phenoxy) is 2. The van der Waals surface area contributed by atoms with Crippen LogP contribution in [0, 0.1) is 0 Å². The van der Waals surface area contributed by atoms with Crippen LogP contribution in [0.4, 0.5) is 15.1 Å². The van der Waals surface area contributed by atoms with E-state index in [1.165, 1.54) is 17.8 Å². The van der Waals surface area contributed by atoms with Crippen molar-refractivity contribution in [3.8, 4) is 5.88 Å². The van der Waals surface area contributed by atoms with Crippen LogP contribution in [0.25, 0.3) is 11.2 Å². The van der Waals surface area contributed by atoms with Crippen molar-refractivity contribution in [2.45, 2.75) is 44.0 Å². The van der Waals surface area contributed by atoms with Crippen molar-refractivity contribution < 1.29 is 32.7 Å². The van der Waals surface area contributed by atoms with Gasteiger partial charge in [0.05, 0.1) is 19.5 Å². The maximum absolute atomic E-state index is 15.5. The molecule has 0 aromatic carbocycles. The number of nitrogen functional groups attached to an aromatic ring is 1. The van der Waals surface area contributed by atoms with Crippen molar-refractivity contribution in [1.29, 1.82) is 0 Å². The summed E-state index contributed by atoms with van der Waals surface area (Å²) in [7, 11) is 0. The minimum Gasteiger partial charge on any atom is -0.476 e. The summed E-state index contributed by atoms with van der Waals surface area (Å²) in [6.45, 7) is 3.12. The third-order valence-electron chi connectivity index (χ3n) is 5.07. The lowest BCUT2D eigenvalue weighted by Gasteiger charge is -2.24. The van der Waals surface area contributed by atoms with Crippen LogP contribution in [-0.2, 0) is 13.7 Å². The van der Waals surface area contributed by atoms with E-state index < -0.39 is 42.1 Å². The molecule has 2 aliphatic rings. The molecule has 2 saturated heterocycles. The first-order valence-electron chi connectivity index (χ1n) is 9.73. The van der Waals surface area contributed by atoms with Gasteiger partial charge in [-0.15, -0.1) is 0 Å². The molecule has 5 atom stereocenters. The lowest BCUT2D eigenvalue weighted by molar-refractivity contribution is -0.119. The maximum atomic E-state index is 15.5. The average molecular weight is 471 g/mol. The fraction of sp³-hybridized carbons (Fsp3) is 0.588. The van der Waals surface area contributed by atoms with Gasteiger partial charge in [-0.1, -0.05) is 0 Å². The van der Waals surface area contributed by atoms with Crippen LogP contribution in [0.15, 0.2) is 6.33 Å². The Kier molecular flexibility index (Phi) is 6.07. The van der Waals surface area contributed by atoms with E-state index in [-0.39, 0.29) is 35.4 Å². The highest BCUT2D eigenvalue weighted by atomic mass is 32.2. The summed E-state index contributed by atoms with van der Waals surface area (Å²) in [4.78, 5) is 35.0. The molecule has 0 spiro atoms. The first-order chi connectivity index (χ1) is 15.2. The largest absolute Gasteiger partial charge is 0.476 e. The standard InChI is InChI=1S/C17H22FN7O6S/c1-3-29-13-9-11(22-15(19)24-13)25(6-20-9)14-17(2,18)10(26)8(31-14)4-30-32-5-7-12(27)23-16(28)21-7/h6-8,10,14,26H,3-5H2,1-2H3,(H2,19,22,24)(H2,21,23,27,28)/t7-,8-,10-,14-,17-/m1/s1. The molecule has 0 aliphatic carbocycles. The number of carbonyl (C=O) groups excluding carboxylic acids is 2. The summed E-state index contributed by atoms with van der Waals surface area (Å²) in [5.41, 5.74) is 4.01. The molecule has 5 N–H and O–H groups in total. The number of fused-ring (bicyclic) bond motifs is 1. The Bertz CT molecular complexity index is 1040. The summed E-state index contributed by atoms with van der Waals surface area (Å²) < 4.78 is 33.4. The second-order valence-electron chi connectivity index (χ2n) is 7.35. The van der Waals surface area contributed by atoms with Crippen molar-refractivity contribution in [1.82, 2.24) is 30.2 Å². The predicted octanol–water partition coefficient (Wildman–Crippen LogP) is -0.333. The minimum absolute atomic E-state index is 0.0823.